The fourth-order valence-electron chi connectivity index (χ4n) is 2.76. The summed E-state index contributed by atoms with van der Waals surface area (Å²) in [6, 6.07) is 3.93. The molecule has 0 aromatic heterocycles. The lowest BCUT2D eigenvalue weighted by Gasteiger charge is -2.27. The van der Waals surface area contributed by atoms with E-state index in [1.54, 1.807) is 11.9 Å². The van der Waals surface area contributed by atoms with Gasteiger partial charge in [0.15, 0.2) is 0 Å². The number of carbonyl (C=O) groups is 1. The molecule has 0 heterocycles. The second-order valence-electron chi connectivity index (χ2n) is 5.42. The van der Waals surface area contributed by atoms with E-state index in [0.717, 1.165) is 6.54 Å². The normalized spacial score (nSPS) is 16.3. The third-order valence-corrected chi connectivity index (χ3v) is 3.85. The Kier molecular flexibility index (Phi) is 4.40. The predicted molar refractivity (Wildman–Crippen MR) is 74.3 cm³/mol. The summed E-state index contributed by atoms with van der Waals surface area (Å²) in [6.07, 6.45) is 6.14. The summed E-state index contributed by atoms with van der Waals surface area (Å²) in [5.41, 5.74) is 6.34. The maximum Gasteiger partial charge on any atom is 0.255 e. The summed E-state index contributed by atoms with van der Waals surface area (Å²) in [4.78, 5) is 13.9. The van der Waals surface area contributed by atoms with Gasteiger partial charge in [-0.05, 0) is 37.0 Å². The van der Waals surface area contributed by atoms with Gasteiger partial charge in [-0.2, -0.15) is 0 Å². The first kappa shape index (κ1) is 13.8. The molecule has 1 saturated carbocycles. The van der Waals surface area contributed by atoms with Crippen molar-refractivity contribution in [3.63, 3.8) is 0 Å². The molecular formula is C15H21FN2O. The van der Waals surface area contributed by atoms with Gasteiger partial charge in [-0.3, -0.25) is 4.79 Å². The van der Waals surface area contributed by atoms with Gasteiger partial charge in [-0.25, -0.2) is 4.39 Å². The monoisotopic (exact) mass is 264 g/mol. The molecule has 3 nitrogen and oxygen atoms in total. The molecule has 0 saturated heterocycles. The summed E-state index contributed by atoms with van der Waals surface area (Å²) in [7, 11) is 1.77. The number of hydrogen-bond donors (Lipinski definition) is 1. The van der Waals surface area contributed by atoms with Crippen LogP contribution in [0.15, 0.2) is 18.2 Å². The molecule has 1 aromatic rings. The third-order valence-electron chi connectivity index (χ3n) is 3.85. The van der Waals surface area contributed by atoms with Gasteiger partial charge < -0.3 is 10.6 Å². The van der Waals surface area contributed by atoms with Gasteiger partial charge >= 0.3 is 0 Å². The van der Waals surface area contributed by atoms with Crippen molar-refractivity contribution < 1.29 is 9.18 Å². The molecule has 0 bridgehead atoms. The minimum atomic E-state index is -0.427. The average Bonchev–Trinajstić information content (AvgIpc) is 2.42. The van der Waals surface area contributed by atoms with Gasteiger partial charge in [0.1, 0.15) is 5.82 Å². The average molecular weight is 264 g/mol. The second-order valence-corrected chi connectivity index (χ2v) is 5.42. The van der Waals surface area contributed by atoms with Gasteiger partial charge in [-0.1, -0.05) is 19.3 Å². The third kappa shape index (κ3) is 3.46. The van der Waals surface area contributed by atoms with Crippen molar-refractivity contribution >= 4 is 11.6 Å². The van der Waals surface area contributed by atoms with Gasteiger partial charge in [-0.15, -0.1) is 0 Å². The van der Waals surface area contributed by atoms with Crippen molar-refractivity contribution in [3.8, 4) is 0 Å². The number of nitrogens with zero attached hydrogens (tertiary/aromatic N) is 1. The van der Waals surface area contributed by atoms with Crippen LogP contribution in [0.5, 0.6) is 0 Å². The first-order valence-corrected chi connectivity index (χ1v) is 6.88. The number of benzene rings is 1. The maximum atomic E-state index is 13.2. The van der Waals surface area contributed by atoms with Crippen molar-refractivity contribution in [2.24, 2.45) is 5.92 Å². The van der Waals surface area contributed by atoms with E-state index in [4.69, 9.17) is 5.73 Å². The van der Waals surface area contributed by atoms with Crippen LogP contribution in [-0.2, 0) is 0 Å². The van der Waals surface area contributed by atoms with E-state index in [-0.39, 0.29) is 11.5 Å². The topological polar surface area (TPSA) is 46.3 Å². The van der Waals surface area contributed by atoms with E-state index < -0.39 is 5.82 Å². The highest BCUT2D eigenvalue weighted by atomic mass is 19.1. The Morgan fingerprint density at radius 1 is 1.37 bits per heavy atom. The Balaban J connectivity index is 2.03. The van der Waals surface area contributed by atoms with Crippen LogP contribution < -0.4 is 5.73 Å². The molecule has 0 radical (unpaired) electrons. The highest BCUT2D eigenvalue weighted by Gasteiger charge is 2.20. The molecule has 4 heteroatoms. The van der Waals surface area contributed by atoms with Crippen LogP contribution in [0.25, 0.3) is 0 Å². The number of hydrogen-bond acceptors (Lipinski definition) is 2. The molecule has 104 valence electrons. The fourth-order valence-corrected chi connectivity index (χ4v) is 2.76. The minimum Gasteiger partial charge on any atom is -0.398 e. The first-order valence-electron chi connectivity index (χ1n) is 6.88. The van der Waals surface area contributed by atoms with E-state index in [1.807, 2.05) is 0 Å². The molecule has 0 spiro atoms. The van der Waals surface area contributed by atoms with Gasteiger partial charge in [0.2, 0.25) is 0 Å². The zero-order chi connectivity index (χ0) is 13.8. The Hall–Kier alpha value is -1.58. The van der Waals surface area contributed by atoms with E-state index in [1.165, 1.54) is 50.3 Å². The van der Waals surface area contributed by atoms with Gasteiger partial charge in [0.05, 0.1) is 5.56 Å². The Morgan fingerprint density at radius 2 is 2.05 bits per heavy atom. The zero-order valence-corrected chi connectivity index (χ0v) is 11.4. The molecule has 0 atom stereocenters. The van der Waals surface area contributed by atoms with Crippen LogP contribution in [0.1, 0.15) is 42.5 Å². The van der Waals surface area contributed by atoms with Crippen LogP contribution in [0.3, 0.4) is 0 Å². The fraction of sp³-hybridized carbons (Fsp3) is 0.533. The lowest BCUT2D eigenvalue weighted by Crippen LogP contribution is -2.33. The number of rotatable bonds is 3. The lowest BCUT2D eigenvalue weighted by atomic mass is 9.89. The summed E-state index contributed by atoms with van der Waals surface area (Å²) < 4.78 is 13.2. The van der Waals surface area contributed by atoms with Crippen LogP contribution in [0, 0.1) is 11.7 Å². The van der Waals surface area contributed by atoms with E-state index >= 15 is 0 Å². The van der Waals surface area contributed by atoms with Crippen molar-refractivity contribution in [2.75, 3.05) is 19.3 Å². The Bertz CT molecular complexity index is 455. The quantitative estimate of drug-likeness (QED) is 0.853. The second kappa shape index (κ2) is 6.04. The summed E-state index contributed by atoms with van der Waals surface area (Å²) >= 11 is 0. The van der Waals surface area contributed by atoms with E-state index in [9.17, 15) is 9.18 Å². The van der Waals surface area contributed by atoms with Crippen molar-refractivity contribution in [3.05, 3.63) is 29.6 Å². The largest absolute Gasteiger partial charge is 0.398 e. The van der Waals surface area contributed by atoms with Crippen LogP contribution in [0.4, 0.5) is 10.1 Å². The molecule has 1 fully saturated rings. The van der Waals surface area contributed by atoms with Crippen molar-refractivity contribution in [1.29, 1.82) is 0 Å². The van der Waals surface area contributed by atoms with Gasteiger partial charge in [0.25, 0.3) is 5.91 Å². The number of carbonyl (C=O) groups excluding carboxylic acids is 1. The van der Waals surface area contributed by atoms with Crippen LogP contribution >= 0.6 is 0 Å². The van der Waals surface area contributed by atoms with Crippen molar-refractivity contribution in [1.82, 2.24) is 4.90 Å². The number of amides is 1. The summed E-state index contributed by atoms with van der Waals surface area (Å²) in [5.74, 6) is -0.0522. The Morgan fingerprint density at radius 3 is 2.74 bits per heavy atom. The number of halogens is 1. The molecule has 1 aromatic carbocycles. The molecule has 1 amide bonds. The zero-order valence-electron chi connectivity index (χ0n) is 11.4. The van der Waals surface area contributed by atoms with Crippen LogP contribution in [0.2, 0.25) is 0 Å². The Labute approximate surface area is 113 Å². The van der Waals surface area contributed by atoms with Gasteiger partial charge in [0, 0.05) is 19.3 Å². The molecular weight excluding hydrogens is 243 g/mol. The highest BCUT2D eigenvalue weighted by Crippen LogP contribution is 2.25. The molecule has 2 rings (SSSR count). The first-order chi connectivity index (χ1) is 9.08. The summed E-state index contributed by atoms with van der Waals surface area (Å²) in [6.45, 7) is 0.731. The number of nitrogens with two attached hydrogens (primary N) is 1. The smallest absolute Gasteiger partial charge is 0.255 e. The highest BCUT2D eigenvalue weighted by molar-refractivity contribution is 5.98. The minimum absolute atomic E-state index is 0.192. The van der Waals surface area contributed by atoms with Crippen LogP contribution in [-0.4, -0.2) is 24.4 Å². The number of anilines is 1. The molecule has 2 N–H and O–H groups in total. The predicted octanol–water partition coefficient (Wildman–Crippen LogP) is 3.06. The molecule has 0 aliphatic heterocycles. The number of nitrogen functional groups attached to an aromatic ring is 1. The van der Waals surface area contributed by atoms with E-state index in [2.05, 4.69) is 0 Å². The van der Waals surface area contributed by atoms with E-state index in [0.29, 0.717) is 11.6 Å². The van der Waals surface area contributed by atoms with Crippen molar-refractivity contribution in [2.45, 2.75) is 32.1 Å². The SMILES string of the molecule is CN(CC1CCCCC1)C(=O)c1cc(F)ccc1N. The molecule has 1 aliphatic carbocycles. The summed E-state index contributed by atoms with van der Waals surface area (Å²) in [5, 5.41) is 0. The molecule has 0 unspecified atom stereocenters. The lowest BCUT2D eigenvalue weighted by molar-refractivity contribution is 0.0761. The standard InChI is InChI=1S/C15H21FN2O/c1-18(10-11-5-3-2-4-6-11)15(19)13-9-12(16)7-8-14(13)17/h7-9,11H,2-6,10,17H2,1H3. The molecule has 1 aliphatic rings. The maximum absolute atomic E-state index is 13.2. The molecule has 19 heavy (non-hydrogen) atoms.